The van der Waals surface area contributed by atoms with Crippen LogP contribution < -0.4 is 10.5 Å². The van der Waals surface area contributed by atoms with Crippen molar-refractivity contribution in [1.82, 2.24) is 5.16 Å². The molecular weight excluding hydrogens is 288 g/mol. The van der Waals surface area contributed by atoms with E-state index in [0.717, 1.165) is 26.9 Å². The lowest BCUT2D eigenvalue weighted by atomic mass is 10.0. The van der Waals surface area contributed by atoms with Gasteiger partial charge in [0.25, 0.3) is 0 Å². The summed E-state index contributed by atoms with van der Waals surface area (Å²) in [5.74, 6) is 1.08. The van der Waals surface area contributed by atoms with Crippen LogP contribution >= 0.6 is 15.9 Å². The molecule has 2 N–H and O–H groups in total. The molecule has 0 fully saturated rings. The first-order valence-electron chi connectivity index (χ1n) is 5.00. The summed E-state index contributed by atoms with van der Waals surface area (Å²) in [6.45, 7) is 0.752. The maximum Gasteiger partial charge on any atom is 0.230 e. The van der Waals surface area contributed by atoms with Crippen molar-refractivity contribution in [3.05, 3.63) is 28.4 Å². The first-order valence-corrected chi connectivity index (χ1v) is 5.79. The Morgan fingerprint density at radius 3 is 3.00 bits per heavy atom. The van der Waals surface area contributed by atoms with Crippen molar-refractivity contribution < 1.29 is 14.0 Å². The lowest BCUT2D eigenvalue weighted by Crippen LogP contribution is -2.12. The van der Waals surface area contributed by atoms with E-state index in [1.165, 1.54) is 0 Å². The highest BCUT2D eigenvalue weighted by atomic mass is 79.9. The summed E-state index contributed by atoms with van der Waals surface area (Å²) < 4.78 is 16.5. The van der Waals surface area contributed by atoms with Crippen molar-refractivity contribution in [2.24, 2.45) is 0 Å². The van der Waals surface area contributed by atoms with E-state index in [2.05, 4.69) is 21.1 Å². The molecule has 2 aromatic rings. The van der Waals surface area contributed by atoms with Crippen molar-refractivity contribution in [2.75, 3.05) is 12.5 Å². The Kier molecular flexibility index (Phi) is 2.53. The smallest absolute Gasteiger partial charge is 0.230 e. The zero-order valence-corrected chi connectivity index (χ0v) is 10.4. The van der Waals surface area contributed by atoms with E-state index in [1.54, 1.807) is 6.20 Å². The largest absolute Gasteiger partial charge is 0.467 e. The number of nitrogen functional groups attached to an aromatic ring is 1. The summed E-state index contributed by atoms with van der Waals surface area (Å²) in [7, 11) is 0. The van der Waals surface area contributed by atoms with E-state index < -0.39 is 0 Å². The number of anilines is 1. The molecule has 3 rings (SSSR count). The van der Waals surface area contributed by atoms with Crippen molar-refractivity contribution in [2.45, 2.75) is 6.61 Å². The minimum atomic E-state index is 0.271. The molecule has 0 saturated heterocycles. The Balaban J connectivity index is 2.25. The SMILES string of the molecule is Nc1oncc1-c1c(Br)ccc2c1COCO2. The zero-order valence-electron chi connectivity index (χ0n) is 8.77. The molecule has 2 heterocycles. The van der Waals surface area contributed by atoms with Crippen LogP contribution in [0.2, 0.25) is 0 Å². The summed E-state index contributed by atoms with van der Waals surface area (Å²) >= 11 is 3.49. The van der Waals surface area contributed by atoms with Crippen LogP contribution in [0.1, 0.15) is 5.56 Å². The number of hydrogen-bond acceptors (Lipinski definition) is 5. The van der Waals surface area contributed by atoms with Gasteiger partial charge in [-0.2, -0.15) is 0 Å². The average molecular weight is 297 g/mol. The highest BCUT2D eigenvalue weighted by Gasteiger charge is 2.21. The first kappa shape index (κ1) is 10.6. The van der Waals surface area contributed by atoms with Crippen LogP contribution in [0.3, 0.4) is 0 Å². The van der Waals surface area contributed by atoms with Gasteiger partial charge in [-0.15, -0.1) is 0 Å². The summed E-state index contributed by atoms with van der Waals surface area (Å²) in [5.41, 5.74) is 8.33. The molecule has 0 amide bonds. The number of aromatic nitrogens is 1. The van der Waals surface area contributed by atoms with E-state index >= 15 is 0 Å². The van der Waals surface area contributed by atoms with Gasteiger partial charge in [0, 0.05) is 15.6 Å². The fourth-order valence-electron chi connectivity index (χ4n) is 1.86. The number of hydrogen-bond donors (Lipinski definition) is 1. The van der Waals surface area contributed by atoms with Crippen molar-refractivity contribution in [3.8, 4) is 16.9 Å². The van der Waals surface area contributed by atoms with Crippen LogP contribution in [0.5, 0.6) is 5.75 Å². The van der Waals surface area contributed by atoms with E-state index in [1.807, 2.05) is 12.1 Å². The summed E-state index contributed by atoms with van der Waals surface area (Å²) in [6, 6.07) is 3.81. The third-order valence-electron chi connectivity index (χ3n) is 2.63. The summed E-state index contributed by atoms with van der Waals surface area (Å²) in [6.07, 6.45) is 1.59. The Bertz CT molecular complexity index is 568. The van der Waals surface area contributed by atoms with Crippen LogP contribution in [0.15, 0.2) is 27.3 Å². The van der Waals surface area contributed by atoms with Crippen LogP contribution in [-0.2, 0) is 11.3 Å². The van der Waals surface area contributed by atoms with Gasteiger partial charge in [-0.3, -0.25) is 0 Å². The molecule has 0 unspecified atom stereocenters. The quantitative estimate of drug-likeness (QED) is 0.876. The second-order valence-electron chi connectivity index (χ2n) is 3.61. The minimum absolute atomic E-state index is 0.271. The third kappa shape index (κ3) is 1.69. The molecule has 0 spiro atoms. The first-order chi connectivity index (χ1) is 8.27. The molecule has 0 bridgehead atoms. The normalized spacial score (nSPS) is 14.2. The van der Waals surface area contributed by atoms with Crippen LogP contribution in [0.25, 0.3) is 11.1 Å². The average Bonchev–Trinajstić information content (AvgIpc) is 2.75. The molecule has 5 nitrogen and oxygen atoms in total. The van der Waals surface area contributed by atoms with Crippen LogP contribution in [-0.4, -0.2) is 11.9 Å². The number of rotatable bonds is 1. The molecule has 1 aromatic carbocycles. The van der Waals surface area contributed by atoms with E-state index in [-0.39, 0.29) is 12.7 Å². The number of ether oxygens (including phenoxy) is 2. The van der Waals surface area contributed by atoms with E-state index in [4.69, 9.17) is 19.7 Å². The molecular formula is C11H9BrN2O3. The van der Waals surface area contributed by atoms with Gasteiger partial charge < -0.3 is 19.7 Å². The molecule has 1 aromatic heterocycles. The molecule has 0 aliphatic carbocycles. The Labute approximate surface area is 106 Å². The molecule has 0 radical (unpaired) electrons. The number of benzene rings is 1. The second kappa shape index (κ2) is 4.05. The summed E-state index contributed by atoms with van der Waals surface area (Å²) in [4.78, 5) is 0. The van der Waals surface area contributed by atoms with Gasteiger partial charge in [-0.1, -0.05) is 21.1 Å². The van der Waals surface area contributed by atoms with Gasteiger partial charge in [0.2, 0.25) is 5.88 Å². The molecule has 0 saturated carbocycles. The standard InChI is InChI=1S/C11H9BrN2O3/c12-8-1-2-9-7(4-15-5-16-9)10(8)6-3-14-17-11(6)13/h1-3H,4-5,13H2. The molecule has 6 heteroatoms. The number of fused-ring (bicyclic) bond motifs is 1. The minimum Gasteiger partial charge on any atom is -0.467 e. The lowest BCUT2D eigenvalue weighted by molar-refractivity contribution is -0.0160. The van der Waals surface area contributed by atoms with Crippen molar-refractivity contribution in [3.63, 3.8) is 0 Å². The maximum atomic E-state index is 5.74. The molecule has 88 valence electrons. The highest BCUT2D eigenvalue weighted by Crippen LogP contribution is 2.40. The lowest BCUT2D eigenvalue weighted by Gasteiger charge is -2.21. The highest BCUT2D eigenvalue weighted by molar-refractivity contribution is 9.10. The van der Waals surface area contributed by atoms with Gasteiger partial charge in [0.05, 0.1) is 18.4 Å². The van der Waals surface area contributed by atoms with Crippen molar-refractivity contribution in [1.29, 1.82) is 0 Å². The van der Waals surface area contributed by atoms with Gasteiger partial charge in [0.1, 0.15) is 5.75 Å². The Morgan fingerprint density at radius 2 is 2.24 bits per heavy atom. The Morgan fingerprint density at radius 1 is 1.35 bits per heavy atom. The fourth-order valence-corrected chi connectivity index (χ4v) is 2.44. The van der Waals surface area contributed by atoms with Gasteiger partial charge in [0.15, 0.2) is 6.79 Å². The predicted molar refractivity (Wildman–Crippen MR) is 64.3 cm³/mol. The Hall–Kier alpha value is -1.53. The zero-order chi connectivity index (χ0) is 11.8. The monoisotopic (exact) mass is 296 g/mol. The number of nitrogens with zero attached hydrogens (tertiary/aromatic N) is 1. The van der Waals surface area contributed by atoms with Gasteiger partial charge >= 0.3 is 0 Å². The van der Waals surface area contributed by atoms with Gasteiger partial charge in [-0.05, 0) is 12.1 Å². The van der Waals surface area contributed by atoms with E-state index in [9.17, 15) is 0 Å². The molecule has 17 heavy (non-hydrogen) atoms. The van der Waals surface area contributed by atoms with Crippen LogP contribution in [0, 0.1) is 0 Å². The van der Waals surface area contributed by atoms with Crippen molar-refractivity contribution >= 4 is 21.8 Å². The predicted octanol–water partition coefficient (Wildman–Crippen LogP) is 2.55. The van der Waals surface area contributed by atoms with Crippen LogP contribution in [0.4, 0.5) is 5.88 Å². The summed E-state index contributed by atoms with van der Waals surface area (Å²) in [5, 5.41) is 3.69. The third-order valence-corrected chi connectivity index (χ3v) is 3.29. The second-order valence-corrected chi connectivity index (χ2v) is 4.47. The van der Waals surface area contributed by atoms with Gasteiger partial charge in [-0.25, -0.2) is 0 Å². The number of nitrogens with two attached hydrogens (primary N) is 1. The van der Waals surface area contributed by atoms with E-state index in [0.29, 0.717) is 6.61 Å². The topological polar surface area (TPSA) is 70.5 Å². The molecule has 1 aliphatic heterocycles. The molecule has 0 atom stereocenters. The fraction of sp³-hybridized carbons (Fsp3) is 0.182. The maximum absolute atomic E-state index is 5.74. The molecule has 1 aliphatic rings. The number of halogens is 1.